The van der Waals surface area contributed by atoms with Crippen molar-refractivity contribution in [3.05, 3.63) is 77.7 Å². The van der Waals surface area contributed by atoms with Crippen molar-refractivity contribution in [2.75, 3.05) is 0 Å². The first-order valence-corrected chi connectivity index (χ1v) is 7.80. The van der Waals surface area contributed by atoms with Crippen LogP contribution in [0.3, 0.4) is 0 Å². The van der Waals surface area contributed by atoms with E-state index in [1.807, 2.05) is 0 Å². The average Bonchev–Trinajstić information content (AvgIpc) is 3.14. The highest BCUT2D eigenvalue weighted by Crippen LogP contribution is 2.29. The van der Waals surface area contributed by atoms with Gasteiger partial charge in [-0.3, -0.25) is 4.79 Å². The first-order chi connectivity index (χ1) is 12.4. The lowest BCUT2D eigenvalue weighted by atomic mass is 10.1. The van der Waals surface area contributed by atoms with Crippen molar-refractivity contribution in [3.63, 3.8) is 0 Å². The van der Waals surface area contributed by atoms with Crippen LogP contribution in [-0.4, -0.2) is 20.7 Å². The SMILES string of the molecule is O=C(Cc1cccc(C(F)(F)F)c1)NCc1cccnc1-n1cccn1. The van der Waals surface area contributed by atoms with E-state index in [9.17, 15) is 18.0 Å². The summed E-state index contributed by atoms with van der Waals surface area (Å²) in [4.78, 5) is 16.4. The summed E-state index contributed by atoms with van der Waals surface area (Å²) in [6.07, 6.45) is 0.397. The van der Waals surface area contributed by atoms with Crippen LogP contribution in [0.1, 0.15) is 16.7 Å². The maximum Gasteiger partial charge on any atom is 0.416 e. The number of hydrogen-bond acceptors (Lipinski definition) is 3. The Morgan fingerprint density at radius 2 is 1.96 bits per heavy atom. The second kappa shape index (κ2) is 7.38. The van der Waals surface area contributed by atoms with Gasteiger partial charge in [-0.25, -0.2) is 9.67 Å². The minimum Gasteiger partial charge on any atom is -0.352 e. The van der Waals surface area contributed by atoms with E-state index in [1.54, 1.807) is 41.5 Å². The summed E-state index contributed by atoms with van der Waals surface area (Å²) in [7, 11) is 0. The zero-order valence-electron chi connectivity index (χ0n) is 13.6. The zero-order chi connectivity index (χ0) is 18.6. The second-order valence-corrected chi connectivity index (χ2v) is 5.59. The van der Waals surface area contributed by atoms with E-state index < -0.39 is 11.7 Å². The van der Waals surface area contributed by atoms with Gasteiger partial charge in [0.2, 0.25) is 5.91 Å². The third kappa shape index (κ3) is 4.27. The summed E-state index contributed by atoms with van der Waals surface area (Å²) in [5.74, 6) is 0.205. The average molecular weight is 360 g/mol. The molecular formula is C18H15F3N4O. The summed E-state index contributed by atoms with van der Waals surface area (Å²) in [5.41, 5.74) is 0.278. The summed E-state index contributed by atoms with van der Waals surface area (Å²) >= 11 is 0. The van der Waals surface area contributed by atoms with Crippen LogP contribution in [0, 0.1) is 0 Å². The molecule has 3 rings (SSSR count). The molecule has 0 saturated carbocycles. The normalized spacial score (nSPS) is 11.3. The molecule has 0 aliphatic rings. The predicted octanol–water partition coefficient (Wildman–Crippen LogP) is 3.15. The van der Waals surface area contributed by atoms with Gasteiger partial charge in [-0.05, 0) is 23.8 Å². The largest absolute Gasteiger partial charge is 0.416 e. The Morgan fingerprint density at radius 3 is 2.69 bits per heavy atom. The molecule has 1 N–H and O–H groups in total. The number of aromatic nitrogens is 3. The molecule has 134 valence electrons. The molecule has 0 aliphatic carbocycles. The third-order valence-corrected chi connectivity index (χ3v) is 3.68. The van der Waals surface area contributed by atoms with Crippen LogP contribution in [0.15, 0.2) is 61.1 Å². The lowest BCUT2D eigenvalue weighted by Gasteiger charge is -2.11. The molecule has 1 aromatic carbocycles. The van der Waals surface area contributed by atoms with Crippen molar-refractivity contribution in [3.8, 4) is 5.82 Å². The zero-order valence-corrected chi connectivity index (χ0v) is 13.6. The lowest BCUT2D eigenvalue weighted by molar-refractivity contribution is -0.137. The van der Waals surface area contributed by atoms with Gasteiger partial charge in [-0.15, -0.1) is 0 Å². The Kier molecular flexibility index (Phi) is 5.01. The molecule has 0 spiro atoms. The number of pyridine rings is 1. The van der Waals surface area contributed by atoms with E-state index in [1.165, 1.54) is 12.1 Å². The number of halogens is 3. The molecule has 0 unspecified atom stereocenters. The number of carbonyl (C=O) groups excluding carboxylic acids is 1. The molecule has 8 heteroatoms. The standard InChI is InChI=1S/C18H15F3N4O/c19-18(20,21)15-6-1-4-13(10-15)11-16(26)23-12-14-5-2-7-22-17(14)25-9-3-8-24-25/h1-10H,11-12H2,(H,23,26). The van der Waals surface area contributed by atoms with E-state index >= 15 is 0 Å². The van der Waals surface area contributed by atoms with Gasteiger partial charge in [0.25, 0.3) is 0 Å². The highest BCUT2D eigenvalue weighted by Gasteiger charge is 2.30. The molecule has 2 heterocycles. The molecule has 2 aromatic heterocycles. The van der Waals surface area contributed by atoms with Gasteiger partial charge in [0.05, 0.1) is 12.0 Å². The smallest absolute Gasteiger partial charge is 0.352 e. The number of rotatable bonds is 5. The van der Waals surface area contributed by atoms with Crippen molar-refractivity contribution in [2.24, 2.45) is 0 Å². The summed E-state index contributed by atoms with van der Waals surface area (Å²) in [6, 6.07) is 10.0. The first kappa shape index (κ1) is 17.7. The maximum atomic E-state index is 12.7. The van der Waals surface area contributed by atoms with Gasteiger partial charge in [0, 0.05) is 30.7 Å². The Morgan fingerprint density at radius 1 is 1.12 bits per heavy atom. The first-order valence-electron chi connectivity index (χ1n) is 7.80. The van der Waals surface area contributed by atoms with E-state index in [-0.39, 0.29) is 18.9 Å². The molecule has 3 aromatic rings. The molecule has 0 atom stereocenters. The quantitative estimate of drug-likeness (QED) is 0.760. The van der Waals surface area contributed by atoms with Crippen LogP contribution in [0.4, 0.5) is 13.2 Å². The summed E-state index contributed by atoms with van der Waals surface area (Å²) in [5, 5.41) is 6.82. The van der Waals surface area contributed by atoms with E-state index in [4.69, 9.17) is 0 Å². The number of nitrogens with one attached hydrogen (secondary N) is 1. The van der Waals surface area contributed by atoms with Crippen LogP contribution in [0.25, 0.3) is 5.82 Å². The van der Waals surface area contributed by atoms with Gasteiger partial charge in [-0.1, -0.05) is 24.3 Å². The Labute approximate surface area is 147 Å². The number of amides is 1. The monoisotopic (exact) mass is 360 g/mol. The van der Waals surface area contributed by atoms with Gasteiger partial charge in [0.15, 0.2) is 5.82 Å². The molecule has 26 heavy (non-hydrogen) atoms. The number of hydrogen-bond donors (Lipinski definition) is 1. The van der Waals surface area contributed by atoms with Crippen molar-refractivity contribution in [2.45, 2.75) is 19.1 Å². The van der Waals surface area contributed by atoms with E-state index in [0.717, 1.165) is 17.7 Å². The van der Waals surface area contributed by atoms with Crippen molar-refractivity contribution >= 4 is 5.91 Å². The number of nitrogens with zero attached hydrogens (tertiary/aromatic N) is 3. The van der Waals surface area contributed by atoms with Crippen molar-refractivity contribution < 1.29 is 18.0 Å². The molecule has 5 nitrogen and oxygen atoms in total. The third-order valence-electron chi connectivity index (χ3n) is 3.68. The van der Waals surface area contributed by atoms with Gasteiger partial charge < -0.3 is 5.32 Å². The minimum absolute atomic E-state index is 0.138. The number of carbonyl (C=O) groups is 1. The highest BCUT2D eigenvalue weighted by molar-refractivity contribution is 5.78. The number of alkyl halides is 3. The van der Waals surface area contributed by atoms with Crippen molar-refractivity contribution in [1.29, 1.82) is 0 Å². The van der Waals surface area contributed by atoms with Crippen molar-refractivity contribution in [1.82, 2.24) is 20.1 Å². The Bertz CT molecular complexity index is 891. The van der Waals surface area contributed by atoms with Gasteiger partial charge >= 0.3 is 6.18 Å². The molecular weight excluding hydrogens is 345 g/mol. The molecule has 0 aliphatic heterocycles. The van der Waals surface area contributed by atoms with Crippen LogP contribution in [0.2, 0.25) is 0 Å². The fourth-order valence-electron chi connectivity index (χ4n) is 2.47. The van der Waals surface area contributed by atoms with Crippen LogP contribution in [-0.2, 0) is 23.9 Å². The molecule has 0 fully saturated rings. The minimum atomic E-state index is -4.43. The summed E-state index contributed by atoms with van der Waals surface area (Å²) < 4.78 is 39.8. The maximum absolute atomic E-state index is 12.7. The fraction of sp³-hybridized carbons (Fsp3) is 0.167. The second-order valence-electron chi connectivity index (χ2n) is 5.59. The lowest BCUT2D eigenvalue weighted by Crippen LogP contribution is -2.25. The topological polar surface area (TPSA) is 59.8 Å². The van der Waals surface area contributed by atoms with Gasteiger partial charge in [0.1, 0.15) is 0 Å². The Balaban J connectivity index is 1.66. The molecule has 0 bridgehead atoms. The van der Waals surface area contributed by atoms with Crippen LogP contribution < -0.4 is 5.32 Å². The highest BCUT2D eigenvalue weighted by atomic mass is 19.4. The van der Waals surface area contributed by atoms with E-state index in [2.05, 4.69) is 15.4 Å². The molecule has 0 saturated heterocycles. The fourth-order valence-corrected chi connectivity index (χ4v) is 2.47. The number of benzene rings is 1. The predicted molar refractivity (Wildman–Crippen MR) is 88.4 cm³/mol. The molecule has 1 amide bonds. The molecule has 0 radical (unpaired) electrons. The van der Waals surface area contributed by atoms with Crippen LogP contribution in [0.5, 0.6) is 0 Å². The Hall–Kier alpha value is -3.16. The van der Waals surface area contributed by atoms with Gasteiger partial charge in [-0.2, -0.15) is 18.3 Å². The summed E-state index contributed by atoms with van der Waals surface area (Å²) in [6.45, 7) is 0.195. The van der Waals surface area contributed by atoms with E-state index in [0.29, 0.717) is 11.4 Å². The van der Waals surface area contributed by atoms with Crippen LogP contribution >= 0.6 is 0 Å².